The number of rotatable bonds is 33. The van der Waals surface area contributed by atoms with Gasteiger partial charge in [0.25, 0.3) is 0 Å². The molecule has 0 spiro atoms. The lowest BCUT2D eigenvalue weighted by Gasteiger charge is -2.23. The molecule has 6 aromatic rings. The first-order valence-electron chi connectivity index (χ1n) is 48.0. The minimum atomic E-state index is -1.25. The summed E-state index contributed by atoms with van der Waals surface area (Å²) in [6.07, 6.45) is 27.2. The van der Waals surface area contributed by atoms with E-state index in [4.69, 9.17) is 4.74 Å². The number of amides is 8. The van der Waals surface area contributed by atoms with E-state index in [0.717, 1.165) is 79.6 Å². The smallest absolute Gasteiger partial charge is 0.302 e. The first-order valence-corrected chi connectivity index (χ1v) is 58.2. The number of hydrogen-bond acceptors (Lipinski definition) is 12. The first-order chi connectivity index (χ1) is 66.9. The van der Waals surface area contributed by atoms with E-state index < -0.39 is 24.2 Å². The molecule has 0 aromatic heterocycles. The molecule has 20 nitrogen and oxygen atoms in total. The predicted octanol–water partition coefficient (Wildman–Crippen LogP) is 29.6. The standard InChI is InChI=1S/C15H23NOSi.C11H13NO.4C9H11NO.C8H18Si.C6H11NO.C5H9NO.C5H8O2.C5H10O.C5H12Si.C5H10.C4H8O.2C4H8.2C3H6/c1-5-18(3,4)13-9-12-16(14(2)17)15-10-7-6-8-11-15;1-3-9-12(10(2)13)11-7-5-4-6-8-11;4*1-8(11)10(2)9-6-4-3-5-7-9;1-5-7-8-9(3,4)6-2;1-4-5-7(3)6(2)8;1-3-4-6-5(2)7;1-3-4-7-5(2)6;1-3-5-6-4-2;1-5-6(2,3)4;2*1-3-5-4-2;2*1-3-4-2;2*1-3-2/h5-8,10-11H,1,9,12-13H2,2-4H3;3-8H,1,9H2,2H3;4*3-7H,1-2H3;6H,2,5,7-8H2,1,3-4H3;4H,1,5H2,2-3H3;3H,1,4H2,2H3,(H,6,7);3H,1,4H2,2H3;3H,1,4-5H2,2H3;5H,1H2,2-4H3;3H,1,4-5H2,2H3;3H,1,4H2,2H3;2*3H,1,4H2,2H3;2*3H,1H2,2H3. The molecule has 6 aromatic carbocycles. The van der Waals surface area contributed by atoms with Gasteiger partial charge in [0.2, 0.25) is 47.3 Å². The van der Waals surface area contributed by atoms with Gasteiger partial charge < -0.3 is 53.8 Å². The van der Waals surface area contributed by atoms with Gasteiger partial charge >= 0.3 is 5.97 Å². The third-order valence-corrected chi connectivity index (χ3v) is 24.1. The quantitative estimate of drug-likeness (QED) is 0.0134. The highest BCUT2D eigenvalue weighted by Crippen LogP contribution is 2.20. The Morgan fingerprint density at radius 2 is 0.627 bits per heavy atom. The Morgan fingerprint density at radius 3 is 0.775 bits per heavy atom. The number of carbonyl (C=O) groups excluding carboxylic acids is 9. The van der Waals surface area contributed by atoms with E-state index in [2.05, 4.69) is 198 Å². The number of nitrogens with one attached hydrogen (secondary N) is 1. The summed E-state index contributed by atoms with van der Waals surface area (Å²) in [4.78, 5) is 108. The zero-order valence-corrected chi connectivity index (χ0v) is 96.9. The fourth-order valence-corrected chi connectivity index (χ4v) is 11.1. The second kappa shape index (κ2) is 112. The number of benzene rings is 6. The maximum absolute atomic E-state index is 11.7. The number of unbranched alkanes of at least 4 members (excludes halogenated alkanes) is 2. The normalized spacial score (nSPS) is 8.91. The molecule has 23 heteroatoms. The molecule has 0 atom stereocenters. The van der Waals surface area contributed by atoms with E-state index in [1.807, 2.05) is 233 Å². The largest absolute Gasteiger partial charge is 0.502 e. The monoisotopic (exact) mass is 2010 g/mol. The molecule has 0 heterocycles. The average Bonchev–Trinajstić information content (AvgIpc) is 0.875. The first kappa shape index (κ1) is 155. The van der Waals surface area contributed by atoms with Crippen LogP contribution < -0.4 is 34.7 Å². The van der Waals surface area contributed by atoms with Crippen LogP contribution in [0.5, 0.6) is 0 Å². The Hall–Kier alpha value is -12.7. The van der Waals surface area contributed by atoms with E-state index in [-0.39, 0.29) is 53.2 Å². The van der Waals surface area contributed by atoms with Crippen molar-refractivity contribution >= 4 is 112 Å². The zero-order valence-electron chi connectivity index (χ0n) is 93.9. The summed E-state index contributed by atoms with van der Waals surface area (Å²) in [6, 6.07) is 60.3. The van der Waals surface area contributed by atoms with Crippen LogP contribution in [0.25, 0.3) is 0 Å². The van der Waals surface area contributed by atoms with Gasteiger partial charge in [-0.2, -0.15) is 0 Å². The van der Waals surface area contributed by atoms with Crippen LogP contribution in [0.4, 0.5) is 34.1 Å². The van der Waals surface area contributed by atoms with Crippen LogP contribution in [0.1, 0.15) is 163 Å². The Bertz CT molecular complexity index is 3930. The molecule has 0 radical (unpaired) electrons. The molecule has 0 aliphatic heterocycles. The van der Waals surface area contributed by atoms with Gasteiger partial charge in [-0.1, -0.05) is 288 Å². The van der Waals surface area contributed by atoms with Crippen LogP contribution >= 0.6 is 0 Å². The Balaban J connectivity index is -0.000000128. The predicted molar refractivity (Wildman–Crippen MR) is 635 cm³/mol. The summed E-state index contributed by atoms with van der Waals surface area (Å²) in [7, 11) is 5.73. The molecule has 0 unspecified atom stereocenters. The number of likely N-dealkylation sites (N-methyl/N-ethyl adjacent to an activating group) is 1. The van der Waals surface area contributed by atoms with Gasteiger partial charge in [0.15, 0.2) is 0 Å². The van der Waals surface area contributed by atoms with Gasteiger partial charge in [-0.3, -0.25) is 43.2 Å². The van der Waals surface area contributed by atoms with Crippen molar-refractivity contribution < 1.29 is 57.4 Å². The van der Waals surface area contributed by atoms with E-state index in [0.29, 0.717) is 32.8 Å². The van der Waals surface area contributed by atoms with Gasteiger partial charge in [0, 0.05) is 164 Å². The van der Waals surface area contributed by atoms with E-state index >= 15 is 0 Å². The third kappa shape index (κ3) is 118. The number of esters is 1. The van der Waals surface area contributed by atoms with Crippen LogP contribution in [0.2, 0.25) is 57.9 Å². The van der Waals surface area contributed by atoms with Crippen molar-refractivity contribution in [2.75, 3.05) is 117 Å². The van der Waals surface area contributed by atoms with Gasteiger partial charge in [-0.15, -0.1) is 96.0 Å². The number of allylic oxidation sites excluding steroid dienone is 5. The van der Waals surface area contributed by atoms with Crippen molar-refractivity contribution in [1.29, 1.82) is 0 Å². The number of hydrogen-bond donors (Lipinski definition) is 1. The molecule has 0 saturated carbocycles. The molecule has 142 heavy (non-hydrogen) atoms. The molecule has 0 aliphatic carbocycles. The summed E-state index contributed by atoms with van der Waals surface area (Å²) in [5.41, 5.74) is 12.0. The van der Waals surface area contributed by atoms with E-state index in [1.165, 1.54) is 64.5 Å². The number of carbonyl (C=O) groups is 9. The molecule has 794 valence electrons. The van der Waals surface area contributed by atoms with Gasteiger partial charge in [0.1, 0.15) is 6.61 Å². The fourth-order valence-electron chi connectivity index (χ4n) is 8.33. The summed E-state index contributed by atoms with van der Waals surface area (Å²) in [6.45, 7) is 100. The summed E-state index contributed by atoms with van der Waals surface area (Å²) < 4.78 is 13.9. The lowest BCUT2D eigenvalue weighted by atomic mass is 10.2. The summed E-state index contributed by atoms with van der Waals surface area (Å²) >= 11 is 0. The number of nitrogens with zero attached hydrogens (tertiary/aromatic N) is 7. The number of anilines is 6. The molecule has 0 aliphatic rings. The highest BCUT2D eigenvalue weighted by Gasteiger charge is 2.18. The molecule has 0 fully saturated rings. The van der Waals surface area contributed by atoms with Gasteiger partial charge in [-0.25, -0.2) is 0 Å². The Morgan fingerprint density at radius 1 is 0.338 bits per heavy atom. The molecule has 8 amide bonds. The lowest BCUT2D eigenvalue weighted by molar-refractivity contribution is -0.139. The maximum atomic E-state index is 11.7. The van der Waals surface area contributed by atoms with Crippen molar-refractivity contribution in [2.24, 2.45) is 0 Å². The SMILES string of the molecule is C=CC.C=CC.C=CCC.C=CCC.C=CCCC.C=CCN(C(C)=O)c1ccccc1.C=CCN(C)C(C)=O.C=CCNC(C)=O.C=CCOC(C)=O.C=CCOCC.C=COCC.C=C[Si](C)(C)C.C=C[Si](C)(C)CCCC.C=C[Si](C)(C)CCCN(C(C)=O)c1ccccc1.CC(=O)N(C)c1ccccc1.CC(=O)N(C)c1ccccc1.CC(=O)N(C)c1ccccc1.CC(=O)N(C)c1ccccc1. The van der Waals surface area contributed by atoms with Crippen molar-refractivity contribution in [3.05, 3.63) is 358 Å². The summed E-state index contributed by atoms with van der Waals surface area (Å²) in [5.74, 6) is 0.148. The maximum Gasteiger partial charge on any atom is 0.302 e. The number of para-hydroxylation sites is 6. The van der Waals surface area contributed by atoms with Crippen molar-refractivity contribution in [2.45, 2.75) is 221 Å². The van der Waals surface area contributed by atoms with Crippen LogP contribution in [-0.2, 0) is 57.4 Å². The van der Waals surface area contributed by atoms with E-state index in [1.54, 1.807) is 143 Å². The topological polar surface area (TPSA) is 216 Å². The van der Waals surface area contributed by atoms with Crippen LogP contribution in [0.15, 0.2) is 358 Å². The van der Waals surface area contributed by atoms with Crippen LogP contribution in [-0.4, -0.2) is 170 Å². The molecule has 6 rings (SSSR count). The minimum absolute atomic E-state index is 0.0140. The van der Waals surface area contributed by atoms with E-state index in [9.17, 15) is 43.2 Å². The highest BCUT2D eigenvalue weighted by atomic mass is 28.3. The molecule has 0 saturated heterocycles. The van der Waals surface area contributed by atoms with Crippen LogP contribution in [0, 0.1) is 0 Å². The zero-order chi connectivity index (χ0) is 112. The second-order valence-electron chi connectivity index (χ2n) is 32.4. The molecule has 0 bridgehead atoms. The Labute approximate surface area is 869 Å². The van der Waals surface area contributed by atoms with Gasteiger partial charge in [-0.05, 0) is 126 Å². The van der Waals surface area contributed by atoms with Crippen molar-refractivity contribution in [3.63, 3.8) is 0 Å². The van der Waals surface area contributed by atoms with Gasteiger partial charge in [0.05, 0.1) is 43.7 Å². The molecular weight excluding hydrogens is 1820 g/mol. The average molecular weight is 2010 g/mol. The highest BCUT2D eigenvalue weighted by molar-refractivity contribution is 6.82. The molecular formula is C119H194N8O12Si3. The lowest BCUT2D eigenvalue weighted by Crippen LogP contribution is -2.31. The molecule has 1 N–H and O–H groups in total. The third-order valence-electron chi connectivity index (χ3n) is 17.4. The summed E-state index contributed by atoms with van der Waals surface area (Å²) in [5, 5.41) is 2.54. The second-order valence-corrected chi connectivity index (χ2v) is 47.4. The van der Waals surface area contributed by atoms with Crippen molar-refractivity contribution in [3.8, 4) is 0 Å². The Kier molecular flexibility index (Phi) is 122. The minimum Gasteiger partial charge on any atom is -0.502 e. The fraction of sp³-hybridized carbons (Fsp3) is 0.387. The number of ether oxygens (including phenoxy) is 3. The van der Waals surface area contributed by atoms with Crippen LogP contribution in [0.3, 0.4) is 0 Å². The van der Waals surface area contributed by atoms with Crippen molar-refractivity contribution in [1.82, 2.24) is 10.2 Å².